The Morgan fingerprint density at radius 3 is 1.25 bits per heavy atom. The van der Waals surface area contributed by atoms with Gasteiger partial charge in [0, 0.05) is 0 Å². The van der Waals surface area contributed by atoms with E-state index in [1.165, 1.54) is 11.1 Å². The topological polar surface area (TPSA) is 101 Å². The van der Waals surface area contributed by atoms with Gasteiger partial charge in [0.25, 0.3) is 0 Å². The Morgan fingerprint density at radius 2 is 0.964 bits per heavy atom. The molecule has 28 heavy (non-hydrogen) atoms. The minimum absolute atomic E-state index is 0.0161. The highest BCUT2D eigenvalue weighted by molar-refractivity contribution is 6.39. The van der Waals surface area contributed by atoms with Crippen LogP contribution in [0.15, 0.2) is 68.9 Å². The molecule has 4 N–H and O–H groups in total. The van der Waals surface area contributed by atoms with Gasteiger partial charge in [-0.25, -0.2) is 0 Å². The van der Waals surface area contributed by atoms with Gasteiger partial charge in [0.2, 0.25) is 0 Å². The van der Waals surface area contributed by atoms with E-state index in [9.17, 15) is 0 Å². The standard InChI is InChI=1S/C22H28N6/c1-15(2)19-9-5-17(6-10-19)13-25-27-21(23)22(24)28-26-14-18-7-11-20(12-8-18)16(3)4/h5-16H,1-4H3,(H2,23,27)(H2,24,28)/b25-13-,26-14+. The first-order valence-electron chi connectivity index (χ1n) is 9.30. The summed E-state index contributed by atoms with van der Waals surface area (Å²) in [6.07, 6.45) is 3.23. The van der Waals surface area contributed by atoms with E-state index in [0.29, 0.717) is 11.8 Å². The van der Waals surface area contributed by atoms with E-state index in [2.05, 4.69) is 72.4 Å². The van der Waals surface area contributed by atoms with Crippen molar-refractivity contribution in [3.63, 3.8) is 0 Å². The molecule has 2 rings (SSSR count). The molecule has 6 nitrogen and oxygen atoms in total. The number of hydrogen-bond acceptors (Lipinski definition) is 4. The first-order valence-corrected chi connectivity index (χ1v) is 9.30. The van der Waals surface area contributed by atoms with E-state index in [0.717, 1.165) is 11.1 Å². The van der Waals surface area contributed by atoms with Gasteiger partial charge < -0.3 is 11.5 Å². The molecule has 6 heteroatoms. The monoisotopic (exact) mass is 376 g/mol. The van der Waals surface area contributed by atoms with Crippen molar-refractivity contribution in [3.05, 3.63) is 70.8 Å². The Morgan fingerprint density at radius 1 is 0.643 bits per heavy atom. The van der Waals surface area contributed by atoms with Crippen LogP contribution < -0.4 is 11.5 Å². The van der Waals surface area contributed by atoms with Crippen molar-refractivity contribution in [2.24, 2.45) is 31.9 Å². The fourth-order valence-electron chi connectivity index (χ4n) is 2.35. The van der Waals surface area contributed by atoms with Gasteiger partial charge >= 0.3 is 0 Å². The Balaban J connectivity index is 1.97. The fraction of sp³-hybridized carbons (Fsp3) is 0.273. The number of rotatable bonds is 6. The Bertz CT molecular complexity index is 797. The zero-order chi connectivity index (χ0) is 20.5. The van der Waals surface area contributed by atoms with Crippen LogP contribution in [0.4, 0.5) is 0 Å². The summed E-state index contributed by atoms with van der Waals surface area (Å²) in [5, 5.41) is 15.6. The molecule has 0 aliphatic rings. The summed E-state index contributed by atoms with van der Waals surface area (Å²) in [4.78, 5) is 0. The number of nitrogens with two attached hydrogens (primary N) is 2. The molecule has 2 aromatic carbocycles. The molecule has 146 valence electrons. The first kappa shape index (κ1) is 21.0. The van der Waals surface area contributed by atoms with E-state index in [-0.39, 0.29) is 11.7 Å². The molecule has 0 bridgehead atoms. The first-order chi connectivity index (χ1) is 13.4. The summed E-state index contributed by atoms with van der Waals surface area (Å²) in [6, 6.07) is 16.2. The van der Waals surface area contributed by atoms with Crippen molar-refractivity contribution in [1.82, 2.24) is 0 Å². The van der Waals surface area contributed by atoms with Crippen LogP contribution in [0, 0.1) is 0 Å². The largest absolute Gasteiger partial charge is 0.379 e. The second-order valence-electron chi connectivity index (χ2n) is 7.10. The maximum atomic E-state index is 5.78. The molecule has 0 amide bonds. The van der Waals surface area contributed by atoms with Gasteiger partial charge in [0.15, 0.2) is 11.7 Å². The van der Waals surface area contributed by atoms with Crippen LogP contribution in [-0.2, 0) is 0 Å². The lowest BCUT2D eigenvalue weighted by molar-refractivity contribution is 0.866. The van der Waals surface area contributed by atoms with Crippen molar-refractivity contribution in [2.75, 3.05) is 0 Å². The van der Waals surface area contributed by atoms with Crippen LogP contribution in [0.5, 0.6) is 0 Å². The SMILES string of the molecule is CC(C)c1ccc(/C=N\N=C(N)C(N)=N/N=C/c2ccc(C(C)C)cc2)cc1. The minimum Gasteiger partial charge on any atom is -0.379 e. The molecule has 0 saturated heterocycles. The van der Waals surface area contributed by atoms with E-state index >= 15 is 0 Å². The highest BCUT2D eigenvalue weighted by Gasteiger charge is 2.00. The lowest BCUT2D eigenvalue weighted by Gasteiger charge is -2.04. The molecule has 0 aliphatic carbocycles. The van der Waals surface area contributed by atoms with Crippen LogP contribution in [0.1, 0.15) is 61.8 Å². The average molecular weight is 377 g/mol. The summed E-state index contributed by atoms with van der Waals surface area (Å²) in [5.41, 5.74) is 16.0. The van der Waals surface area contributed by atoms with Crippen molar-refractivity contribution in [1.29, 1.82) is 0 Å². The Hall–Kier alpha value is -3.28. The number of nitrogens with zero attached hydrogens (tertiary/aromatic N) is 4. The molecule has 0 radical (unpaired) electrons. The molecule has 0 spiro atoms. The Labute approximate surface area is 166 Å². The van der Waals surface area contributed by atoms with E-state index in [1.807, 2.05) is 24.3 Å². The predicted molar refractivity (Wildman–Crippen MR) is 119 cm³/mol. The molecule has 0 atom stereocenters. The lowest BCUT2D eigenvalue weighted by atomic mass is 10.0. The van der Waals surface area contributed by atoms with Gasteiger partial charge in [-0.05, 0) is 34.1 Å². The number of hydrogen-bond donors (Lipinski definition) is 2. The third kappa shape index (κ3) is 6.46. The normalized spacial score (nSPS) is 13.4. The third-order valence-corrected chi connectivity index (χ3v) is 4.21. The average Bonchev–Trinajstić information content (AvgIpc) is 2.68. The van der Waals surface area contributed by atoms with Crippen LogP contribution in [-0.4, -0.2) is 24.1 Å². The number of amidine groups is 2. The summed E-state index contributed by atoms with van der Waals surface area (Å²) >= 11 is 0. The van der Waals surface area contributed by atoms with Gasteiger partial charge in [-0.3, -0.25) is 0 Å². The molecular weight excluding hydrogens is 348 g/mol. The van der Waals surface area contributed by atoms with Crippen LogP contribution >= 0.6 is 0 Å². The van der Waals surface area contributed by atoms with Gasteiger partial charge in [0.1, 0.15) is 0 Å². The second-order valence-corrected chi connectivity index (χ2v) is 7.10. The van der Waals surface area contributed by atoms with Crippen molar-refractivity contribution in [3.8, 4) is 0 Å². The third-order valence-electron chi connectivity index (χ3n) is 4.21. The molecule has 0 fully saturated rings. The number of benzene rings is 2. The van der Waals surface area contributed by atoms with E-state index in [4.69, 9.17) is 11.5 Å². The zero-order valence-electron chi connectivity index (χ0n) is 16.9. The molecule has 2 aromatic rings. The molecule has 0 saturated carbocycles. The highest BCUT2D eigenvalue weighted by Crippen LogP contribution is 2.14. The summed E-state index contributed by atoms with van der Waals surface area (Å²) < 4.78 is 0. The molecular formula is C22H28N6. The summed E-state index contributed by atoms with van der Waals surface area (Å²) in [5.74, 6) is 1.01. The van der Waals surface area contributed by atoms with E-state index in [1.54, 1.807) is 12.4 Å². The molecule has 0 aliphatic heterocycles. The summed E-state index contributed by atoms with van der Waals surface area (Å²) in [6.45, 7) is 8.61. The van der Waals surface area contributed by atoms with E-state index < -0.39 is 0 Å². The van der Waals surface area contributed by atoms with Crippen molar-refractivity contribution >= 4 is 24.1 Å². The minimum atomic E-state index is 0.0161. The maximum absolute atomic E-state index is 5.78. The van der Waals surface area contributed by atoms with Crippen LogP contribution in [0.2, 0.25) is 0 Å². The second kappa shape index (κ2) is 10.2. The van der Waals surface area contributed by atoms with Crippen LogP contribution in [0.3, 0.4) is 0 Å². The lowest BCUT2D eigenvalue weighted by Crippen LogP contribution is -2.30. The maximum Gasteiger partial charge on any atom is 0.190 e. The molecule has 0 unspecified atom stereocenters. The highest BCUT2D eigenvalue weighted by atomic mass is 15.3. The zero-order valence-corrected chi connectivity index (χ0v) is 16.9. The van der Waals surface area contributed by atoms with Crippen molar-refractivity contribution in [2.45, 2.75) is 39.5 Å². The molecule has 0 aromatic heterocycles. The van der Waals surface area contributed by atoms with Gasteiger partial charge in [-0.1, -0.05) is 76.2 Å². The van der Waals surface area contributed by atoms with Crippen molar-refractivity contribution < 1.29 is 0 Å². The van der Waals surface area contributed by atoms with Gasteiger partial charge in [-0.15, -0.1) is 10.2 Å². The fourth-order valence-corrected chi connectivity index (χ4v) is 2.35. The quantitative estimate of drug-likeness (QED) is 0.452. The summed E-state index contributed by atoms with van der Waals surface area (Å²) in [7, 11) is 0. The van der Waals surface area contributed by atoms with Crippen LogP contribution in [0.25, 0.3) is 0 Å². The predicted octanol–water partition coefficient (Wildman–Crippen LogP) is 4.02. The Kier molecular flexibility index (Phi) is 7.63. The van der Waals surface area contributed by atoms with Gasteiger partial charge in [-0.2, -0.15) is 10.2 Å². The van der Waals surface area contributed by atoms with Gasteiger partial charge in [0.05, 0.1) is 12.4 Å². The molecule has 0 heterocycles. The smallest absolute Gasteiger partial charge is 0.190 e.